The second kappa shape index (κ2) is 4.46. The maximum absolute atomic E-state index is 12.6. The van der Waals surface area contributed by atoms with Gasteiger partial charge in [-0.25, -0.2) is 0 Å². The molecule has 0 amide bonds. The summed E-state index contributed by atoms with van der Waals surface area (Å²) in [6, 6.07) is 12.5. The molecule has 0 spiro atoms. The van der Waals surface area contributed by atoms with Gasteiger partial charge in [0, 0.05) is 16.8 Å². The molecular weight excluding hydrogens is 250 g/mol. The molecule has 3 heteroatoms. The number of fused-ring (bicyclic) bond motifs is 1. The molecule has 2 N–H and O–H groups in total. The van der Waals surface area contributed by atoms with Crippen molar-refractivity contribution in [3.05, 3.63) is 70.8 Å². The highest BCUT2D eigenvalue weighted by atomic mass is 16.1. The summed E-state index contributed by atoms with van der Waals surface area (Å²) in [5.41, 5.74) is 9.05. The Balaban J connectivity index is 2.21. The fourth-order valence-corrected chi connectivity index (χ4v) is 2.52. The first-order valence-corrected chi connectivity index (χ1v) is 6.35. The SMILES string of the molecule is Cc1ccccc1C1=CC(=O)c2c(N)cccc2C1=O. The molecule has 0 saturated carbocycles. The molecule has 0 bridgehead atoms. The van der Waals surface area contributed by atoms with Crippen molar-refractivity contribution < 1.29 is 9.59 Å². The maximum Gasteiger partial charge on any atom is 0.194 e. The zero-order chi connectivity index (χ0) is 14.3. The highest BCUT2D eigenvalue weighted by molar-refractivity contribution is 6.39. The van der Waals surface area contributed by atoms with Crippen LogP contribution in [0.2, 0.25) is 0 Å². The van der Waals surface area contributed by atoms with E-state index in [0.29, 0.717) is 22.4 Å². The molecule has 3 nitrogen and oxygen atoms in total. The van der Waals surface area contributed by atoms with Crippen molar-refractivity contribution in [2.24, 2.45) is 0 Å². The molecule has 0 atom stereocenters. The van der Waals surface area contributed by atoms with Crippen LogP contribution in [0.1, 0.15) is 31.8 Å². The Bertz CT molecular complexity index is 772. The summed E-state index contributed by atoms with van der Waals surface area (Å²) in [5.74, 6) is -0.364. The molecule has 20 heavy (non-hydrogen) atoms. The molecule has 0 fully saturated rings. The summed E-state index contributed by atoms with van der Waals surface area (Å²) in [5, 5.41) is 0. The average molecular weight is 263 g/mol. The molecule has 98 valence electrons. The molecule has 1 aliphatic rings. The third-order valence-electron chi connectivity index (χ3n) is 3.54. The summed E-state index contributed by atoms with van der Waals surface area (Å²) in [7, 11) is 0. The largest absolute Gasteiger partial charge is 0.398 e. The van der Waals surface area contributed by atoms with Gasteiger partial charge in [0.25, 0.3) is 0 Å². The van der Waals surface area contributed by atoms with Crippen molar-refractivity contribution in [2.75, 3.05) is 5.73 Å². The van der Waals surface area contributed by atoms with Gasteiger partial charge in [-0.2, -0.15) is 0 Å². The van der Waals surface area contributed by atoms with E-state index in [1.807, 2.05) is 31.2 Å². The van der Waals surface area contributed by atoms with Gasteiger partial charge < -0.3 is 5.73 Å². The minimum Gasteiger partial charge on any atom is -0.398 e. The van der Waals surface area contributed by atoms with E-state index in [1.165, 1.54) is 6.08 Å². The average Bonchev–Trinajstić information content (AvgIpc) is 2.43. The predicted molar refractivity (Wildman–Crippen MR) is 78.7 cm³/mol. The van der Waals surface area contributed by atoms with Gasteiger partial charge in [0.05, 0.1) is 5.56 Å². The fourth-order valence-electron chi connectivity index (χ4n) is 2.52. The van der Waals surface area contributed by atoms with Gasteiger partial charge in [-0.3, -0.25) is 9.59 Å². The lowest BCUT2D eigenvalue weighted by Gasteiger charge is -2.17. The second-order valence-corrected chi connectivity index (χ2v) is 4.84. The number of nitrogens with two attached hydrogens (primary N) is 1. The van der Waals surface area contributed by atoms with Crippen LogP contribution in [-0.4, -0.2) is 11.6 Å². The summed E-state index contributed by atoms with van der Waals surface area (Å²) in [4.78, 5) is 24.8. The highest BCUT2D eigenvalue weighted by Crippen LogP contribution is 2.31. The number of ketones is 2. The normalized spacial score (nSPS) is 13.9. The number of benzene rings is 2. The molecule has 0 heterocycles. The van der Waals surface area contributed by atoms with Crippen molar-refractivity contribution in [1.82, 2.24) is 0 Å². The molecule has 2 aromatic carbocycles. The highest BCUT2D eigenvalue weighted by Gasteiger charge is 2.28. The lowest BCUT2D eigenvalue weighted by Crippen LogP contribution is -2.18. The monoisotopic (exact) mass is 263 g/mol. The van der Waals surface area contributed by atoms with Gasteiger partial charge in [0.15, 0.2) is 11.6 Å². The van der Waals surface area contributed by atoms with Gasteiger partial charge in [0.1, 0.15) is 0 Å². The van der Waals surface area contributed by atoms with Crippen LogP contribution < -0.4 is 5.73 Å². The number of carbonyl (C=O) groups excluding carboxylic acids is 2. The zero-order valence-corrected chi connectivity index (χ0v) is 11.0. The molecule has 0 aliphatic heterocycles. The van der Waals surface area contributed by atoms with E-state index in [1.54, 1.807) is 18.2 Å². The van der Waals surface area contributed by atoms with Crippen LogP contribution in [0.5, 0.6) is 0 Å². The van der Waals surface area contributed by atoms with E-state index in [-0.39, 0.29) is 11.6 Å². The van der Waals surface area contributed by atoms with Crippen LogP contribution in [0.3, 0.4) is 0 Å². The molecule has 0 unspecified atom stereocenters. The van der Waals surface area contributed by atoms with Crippen LogP contribution in [0, 0.1) is 6.92 Å². The van der Waals surface area contributed by atoms with Crippen molar-refractivity contribution in [2.45, 2.75) is 6.92 Å². The summed E-state index contributed by atoms with van der Waals surface area (Å²) < 4.78 is 0. The molecule has 2 aromatic rings. The molecule has 0 aromatic heterocycles. The Morgan fingerprint density at radius 3 is 2.35 bits per heavy atom. The Hall–Kier alpha value is -2.68. The smallest absolute Gasteiger partial charge is 0.194 e. The molecule has 0 saturated heterocycles. The van der Waals surface area contributed by atoms with Crippen LogP contribution in [-0.2, 0) is 0 Å². The van der Waals surface area contributed by atoms with Crippen LogP contribution in [0.15, 0.2) is 48.5 Å². The minimum atomic E-state index is -0.212. The number of aryl methyl sites for hydroxylation is 1. The van der Waals surface area contributed by atoms with E-state index >= 15 is 0 Å². The van der Waals surface area contributed by atoms with Crippen LogP contribution in [0.4, 0.5) is 5.69 Å². The number of hydrogen-bond donors (Lipinski definition) is 1. The minimum absolute atomic E-state index is 0.152. The van der Waals surface area contributed by atoms with E-state index in [0.717, 1.165) is 11.1 Å². The van der Waals surface area contributed by atoms with Gasteiger partial charge in [0.2, 0.25) is 0 Å². The van der Waals surface area contributed by atoms with Gasteiger partial charge in [-0.05, 0) is 30.2 Å². The number of Topliss-reactive ketones (excluding diaryl/α,β-unsaturated/α-hetero) is 1. The van der Waals surface area contributed by atoms with Crippen molar-refractivity contribution in [3.63, 3.8) is 0 Å². The van der Waals surface area contributed by atoms with Gasteiger partial charge in [-0.15, -0.1) is 0 Å². The number of anilines is 1. The van der Waals surface area contributed by atoms with E-state index < -0.39 is 0 Å². The van der Waals surface area contributed by atoms with Crippen molar-refractivity contribution in [3.8, 4) is 0 Å². The quantitative estimate of drug-likeness (QED) is 0.804. The molecule has 1 aliphatic carbocycles. The topological polar surface area (TPSA) is 60.2 Å². The number of rotatable bonds is 1. The number of carbonyl (C=O) groups is 2. The van der Waals surface area contributed by atoms with E-state index in [4.69, 9.17) is 5.73 Å². The van der Waals surface area contributed by atoms with Crippen molar-refractivity contribution in [1.29, 1.82) is 0 Å². The zero-order valence-electron chi connectivity index (χ0n) is 11.0. The number of hydrogen-bond acceptors (Lipinski definition) is 3. The summed E-state index contributed by atoms with van der Waals surface area (Å²) in [6.07, 6.45) is 1.39. The fraction of sp³-hybridized carbons (Fsp3) is 0.0588. The third kappa shape index (κ3) is 1.75. The Labute approximate surface area is 116 Å². The van der Waals surface area contributed by atoms with Crippen molar-refractivity contribution >= 4 is 22.8 Å². The van der Waals surface area contributed by atoms with Crippen LogP contribution >= 0.6 is 0 Å². The van der Waals surface area contributed by atoms with Gasteiger partial charge in [-0.1, -0.05) is 36.4 Å². The Morgan fingerprint density at radius 2 is 1.60 bits per heavy atom. The number of nitrogen functional groups attached to an aromatic ring is 1. The third-order valence-corrected chi connectivity index (χ3v) is 3.54. The van der Waals surface area contributed by atoms with Gasteiger partial charge >= 0.3 is 0 Å². The molecule has 3 rings (SSSR count). The second-order valence-electron chi connectivity index (χ2n) is 4.84. The lowest BCUT2D eigenvalue weighted by molar-refractivity contribution is 0.100. The first-order valence-electron chi connectivity index (χ1n) is 6.35. The Kier molecular flexibility index (Phi) is 2.75. The van der Waals surface area contributed by atoms with E-state index in [2.05, 4.69) is 0 Å². The summed E-state index contributed by atoms with van der Waals surface area (Å²) >= 11 is 0. The Morgan fingerprint density at radius 1 is 0.900 bits per heavy atom. The first kappa shape index (κ1) is 12.4. The maximum atomic E-state index is 12.6. The predicted octanol–water partition coefficient (Wildman–Crippen LogP) is 3.04. The summed E-state index contributed by atoms with van der Waals surface area (Å²) in [6.45, 7) is 1.92. The van der Waals surface area contributed by atoms with E-state index in [9.17, 15) is 9.59 Å². The first-order chi connectivity index (χ1) is 9.59. The lowest BCUT2D eigenvalue weighted by atomic mass is 9.84. The standard InChI is InChI=1S/C17H13NO2/c1-10-5-2-3-6-11(10)13-9-15(19)16-12(17(13)20)7-4-8-14(16)18/h2-9H,18H2,1H3. The number of allylic oxidation sites excluding steroid dienone is 2. The van der Waals surface area contributed by atoms with Crippen LogP contribution in [0.25, 0.3) is 5.57 Å². The molecule has 0 radical (unpaired) electrons. The molecular formula is C17H13NO2.